The molecular weight excluding hydrogens is 344 g/mol. The molecule has 0 spiro atoms. The largest absolute Gasteiger partial charge is 0.494 e. The van der Waals surface area contributed by atoms with E-state index in [0.717, 1.165) is 0 Å². The number of rotatable bonds is 8. The zero-order valence-corrected chi connectivity index (χ0v) is 14.2. The molecule has 0 saturated heterocycles. The number of carboxylic acid groups (broad SMARTS) is 1. The summed E-state index contributed by atoms with van der Waals surface area (Å²) in [6.45, 7) is 0.158. The Morgan fingerprint density at radius 2 is 1.52 bits per heavy atom. The molecule has 132 valence electrons. The summed E-state index contributed by atoms with van der Waals surface area (Å²) >= 11 is 0. The van der Waals surface area contributed by atoms with Gasteiger partial charge in [-0.1, -0.05) is 36.4 Å². The fraction of sp³-hybridized carbons (Fsp3) is 0.222. The van der Waals surface area contributed by atoms with Gasteiger partial charge in [0.15, 0.2) is 0 Å². The van der Waals surface area contributed by atoms with Crippen molar-refractivity contribution in [2.45, 2.75) is 12.8 Å². The molecule has 0 heterocycles. The van der Waals surface area contributed by atoms with Crippen LogP contribution in [-0.2, 0) is 15.1 Å². The summed E-state index contributed by atoms with van der Waals surface area (Å²) in [6, 6.07) is 17.3. The quantitative estimate of drug-likeness (QED) is 0.726. The molecule has 1 unspecified atom stereocenters. The average Bonchev–Trinajstić information content (AvgIpc) is 2.61. The van der Waals surface area contributed by atoms with Gasteiger partial charge in [0.25, 0.3) is 10.3 Å². The Labute approximate surface area is 147 Å². The highest BCUT2D eigenvalue weighted by molar-refractivity contribution is 7.72. The van der Waals surface area contributed by atoms with Crippen molar-refractivity contribution in [1.82, 2.24) is 0 Å². The van der Waals surface area contributed by atoms with Crippen molar-refractivity contribution in [3.05, 3.63) is 60.7 Å². The number of carboxylic acids is 1. The topological polar surface area (TPSA) is 89.9 Å². The smallest absolute Gasteiger partial charge is 0.307 e. The van der Waals surface area contributed by atoms with E-state index in [2.05, 4.69) is 0 Å². The van der Waals surface area contributed by atoms with Gasteiger partial charge in [0, 0.05) is 6.42 Å². The Kier molecular flexibility index (Phi) is 7.03. The van der Waals surface area contributed by atoms with Crippen LogP contribution in [0.2, 0.25) is 0 Å². The molecule has 0 aromatic heterocycles. The number of carbonyl (C=O) groups is 1. The van der Waals surface area contributed by atoms with E-state index in [1.54, 1.807) is 42.5 Å². The molecule has 0 fully saturated rings. The monoisotopic (exact) mass is 362 g/mol. The molecular formula is C18H18O6S. The molecule has 6 nitrogen and oxygen atoms in total. The van der Waals surface area contributed by atoms with Crippen molar-refractivity contribution >= 4 is 21.3 Å². The number of hydrogen-bond donors (Lipinski definition) is 1. The van der Waals surface area contributed by atoms with Crippen molar-refractivity contribution in [1.29, 1.82) is 0 Å². The fourth-order valence-electron chi connectivity index (χ4n) is 2.11. The minimum atomic E-state index is -2.64. The summed E-state index contributed by atoms with van der Waals surface area (Å²) in [6.07, 6.45) is -0.0818. The van der Waals surface area contributed by atoms with E-state index in [4.69, 9.17) is 9.47 Å². The van der Waals surface area contributed by atoms with Gasteiger partial charge in [0.05, 0.1) is 12.5 Å². The van der Waals surface area contributed by atoms with Crippen molar-refractivity contribution in [3.8, 4) is 11.5 Å². The number of benzene rings is 2. The van der Waals surface area contributed by atoms with Crippen LogP contribution in [0.25, 0.3) is 0 Å². The van der Waals surface area contributed by atoms with Crippen molar-refractivity contribution in [2.75, 3.05) is 6.61 Å². The molecule has 0 radical (unpaired) electrons. The molecule has 0 bridgehead atoms. The zero-order chi connectivity index (χ0) is 18.1. The third-order valence-corrected chi connectivity index (χ3v) is 4.02. The predicted molar refractivity (Wildman–Crippen MR) is 93.3 cm³/mol. The minimum Gasteiger partial charge on any atom is -0.494 e. The maximum atomic E-state index is 11.4. The lowest BCUT2D eigenvalue weighted by atomic mass is 10.0. The van der Waals surface area contributed by atoms with Gasteiger partial charge in [0.2, 0.25) is 5.05 Å². The highest BCUT2D eigenvalue weighted by Gasteiger charge is 2.22. The maximum Gasteiger partial charge on any atom is 0.307 e. The molecule has 0 aliphatic rings. The molecule has 2 aromatic carbocycles. The van der Waals surface area contributed by atoms with E-state index < -0.39 is 22.2 Å². The molecule has 1 atom stereocenters. The minimum absolute atomic E-state index is 0.156. The third kappa shape index (κ3) is 6.31. The van der Waals surface area contributed by atoms with Crippen molar-refractivity contribution in [3.63, 3.8) is 0 Å². The first-order valence-corrected chi connectivity index (χ1v) is 8.72. The van der Waals surface area contributed by atoms with Crippen LogP contribution in [0.4, 0.5) is 0 Å². The van der Waals surface area contributed by atoms with Crippen LogP contribution in [0, 0.1) is 5.92 Å². The van der Waals surface area contributed by atoms with Gasteiger partial charge in [-0.3, -0.25) is 4.79 Å². The van der Waals surface area contributed by atoms with Gasteiger partial charge in [-0.05, 0) is 30.7 Å². The first-order valence-electron chi connectivity index (χ1n) is 7.65. The Morgan fingerprint density at radius 1 is 0.960 bits per heavy atom. The number of para-hydroxylation sites is 2. The van der Waals surface area contributed by atoms with E-state index in [-0.39, 0.29) is 24.5 Å². The van der Waals surface area contributed by atoms with Gasteiger partial charge in [-0.2, -0.15) is 8.42 Å². The van der Waals surface area contributed by atoms with Crippen LogP contribution in [0.5, 0.6) is 11.5 Å². The fourth-order valence-corrected chi connectivity index (χ4v) is 2.62. The van der Waals surface area contributed by atoms with Gasteiger partial charge in [0.1, 0.15) is 11.5 Å². The van der Waals surface area contributed by atoms with E-state index in [1.807, 2.05) is 18.2 Å². The van der Waals surface area contributed by atoms with E-state index in [9.17, 15) is 18.3 Å². The van der Waals surface area contributed by atoms with Crippen LogP contribution < -0.4 is 9.47 Å². The van der Waals surface area contributed by atoms with Gasteiger partial charge >= 0.3 is 5.97 Å². The van der Waals surface area contributed by atoms with Crippen molar-refractivity contribution in [2.24, 2.45) is 5.92 Å². The number of aliphatic carboxylic acids is 1. The van der Waals surface area contributed by atoms with Crippen LogP contribution >= 0.6 is 0 Å². The molecule has 2 rings (SSSR count). The molecule has 2 aromatic rings. The first-order chi connectivity index (χ1) is 12.1. The average molecular weight is 362 g/mol. The van der Waals surface area contributed by atoms with Crippen LogP contribution in [0.3, 0.4) is 0 Å². The van der Waals surface area contributed by atoms with Crippen LogP contribution in [0.15, 0.2) is 60.7 Å². The maximum absolute atomic E-state index is 11.4. The summed E-state index contributed by atoms with van der Waals surface area (Å²) in [5.74, 6) is -1.06. The van der Waals surface area contributed by atoms with E-state index >= 15 is 0 Å². The summed E-state index contributed by atoms with van der Waals surface area (Å²) < 4.78 is 33.5. The number of hydrogen-bond acceptors (Lipinski definition) is 5. The summed E-state index contributed by atoms with van der Waals surface area (Å²) in [5, 5.41) is 9.03. The second kappa shape index (κ2) is 9.48. The SMILES string of the molecule is O=C(O)C(CCOc1ccccc1)CC(Oc1ccccc1)=S(=O)=O. The zero-order valence-electron chi connectivity index (χ0n) is 13.4. The summed E-state index contributed by atoms with van der Waals surface area (Å²) in [7, 11) is -2.64. The molecule has 0 amide bonds. The normalized spacial score (nSPS) is 11.4. The van der Waals surface area contributed by atoms with Crippen LogP contribution in [-0.4, -0.2) is 31.2 Å². The molecule has 0 aliphatic carbocycles. The molecule has 7 heteroatoms. The lowest BCUT2D eigenvalue weighted by Crippen LogP contribution is -2.23. The van der Waals surface area contributed by atoms with Gasteiger partial charge < -0.3 is 14.6 Å². The standard InChI is InChI=1S/C18H18O6S/c19-18(20)14(11-12-23-15-7-3-1-4-8-15)13-17(25(21)22)24-16-9-5-2-6-10-16/h1-10,14H,11-13H2,(H,19,20). The Balaban J connectivity index is 1.98. The number of ether oxygens (including phenoxy) is 2. The second-order valence-electron chi connectivity index (χ2n) is 5.21. The first kappa shape index (κ1) is 18.5. The molecule has 0 aliphatic heterocycles. The second-order valence-corrected chi connectivity index (χ2v) is 6.14. The lowest BCUT2D eigenvalue weighted by molar-refractivity contribution is -0.142. The van der Waals surface area contributed by atoms with Gasteiger partial charge in [-0.25, -0.2) is 0 Å². The lowest BCUT2D eigenvalue weighted by Gasteiger charge is -2.14. The summed E-state index contributed by atoms with van der Waals surface area (Å²) in [4.78, 5) is 11.4. The summed E-state index contributed by atoms with van der Waals surface area (Å²) in [5.41, 5.74) is 0. The van der Waals surface area contributed by atoms with Crippen LogP contribution in [0.1, 0.15) is 12.8 Å². The van der Waals surface area contributed by atoms with E-state index in [1.165, 1.54) is 0 Å². The molecule has 25 heavy (non-hydrogen) atoms. The highest BCUT2D eigenvalue weighted by Crippen LogP contribution is 2.16. The Bertz CT molecular complexity index is 807. The third-order valence-electron chi connectivity index (χ3n) is 3.40. The Hall–Kier alpha value is -2.80. The van der Waals surface area contributed by atoms with Crippen molar-refractivity contribution < 1.29 is 27.8 Å². The highest BCUT2D eigenvalue weighted by atomic mass is 32.2. The molecule has 0 saturated carbocycles. The van der Waals surface area contributed by atoms with Gasteiger partial charge in [-0.15, -0.1) is 0 Å². The predicted octanol–water partition coefficient (Wildman–Crippen LogP) is 2.63. The Morgan fingerprint density at radius 3 is 2.04 bits per heavy atom. The van der Waals surface area contributed by atoms with E-state index in [0.29, 0.717) is 11.5 Å². The molecule has 1 N–H and O–H groups in total.